The van der Waals surface area contributed by atoms with Gasteiger partial charge < -0.3 is 24.1 Å². The predicted octanol–water partition coefficient (Wildman–Crippen LogP) is 1.97. The molecule has 3 rings (SSSR count). The number of ether oxygens (including phenoxy) is 4. The minimum absolute atomic E-state index is 0.0299. The highest BCUT2D eigenvalue weighted by Crippen LogP contribution is 2.42. The minimum Gasteiger partial charge on any atom is -0.507 e. The Morgan fingerprint density at radius 3 is 2.58 bits per heavy atom. The second kappa shape index (κ2) is 11.8. The predicted molar refractivity (Wildman–Crippen MR) is 132 cm³/mol. The van der Waals surface area contributed by atoms with Gasteiger partial charge in [-0.1, -0.05) is 24.6 Å². The lowest BCUT2D eigenvalue weighted by Crippen LogP contribution is -2.41. The Hall–Kier alpha value is -2.34. The van der Waals surface area contributed by atoms with E-state index >= 15 is 0 Å². The molecule has 0 amide bonds. The molecule has 1 aromatic rings. The van der Waals surface area contributed by atoms with Gasteiger partial charge >= 0.3 is 11.9 Å². The number of morpholine rings is 1. The highest BCUT2D eigenvalue weighted by molar-refractivity contribution is 7.92. The van der Waals surface area contributed by atoms with Crippen molar-refractivity contribution in [2.45, 2.75) is 32.1 Å². The Bertz CT molecular complexity index is 1140. The first-order valence-corrected chi connectivity index (χ1v) is 13.9. The summed E-state index contributed by atoms with van der Waals surface area (Å²) in [6.07, 6.45) is 2.49. The van der Waals surface area contributed by atoms with Crippen molar-refractivity contribution in [3.05, 3.63) is 33.4 Å². The molecule has 2 atom stereocenters. The van der Waals surface area contributed by atoms with Gasteiger partial charge in [-0.3, -0.25) is 9.69 Å². The van der Waals surface area contributed by atoms with E-state index in [9.17, 15) is 23.1 Å². The number of carbonyl (C=O) groups is 2. The van der Waals surface area contributed by atoms with Gasteiger partial charge in [0.15, 0.2) is 15.1 Å². The first-order chi connectivity index (χ1) is 17.0. The molecule has 1 saturated heterocycles. The average Bonchev–Trinajstić information content (AvgIpc) is 3.22. The lowest BCUT2D eigenvalue weighted by atomic mass is 9.95. The van der Waals surface area contributed by atoms with Gasteiger partial charge in [0.25, 0.3) is 0 Å². The van der Waals surface area contributed by atoms with Gasteiger partial charge in [-0.15, -0.1) is 0 Å². The highest BCUT2D eigenvalue weighted by Gasteiger charge is 2.38. The molecule has 2 heterocycles. The number of phenolic OH excluding ortho intramolecular Hbond substituents is 1. The molecule has 1 N–H and O–H groups in total. The molecule has 0 spiro atoms. The summed E-state index contributed by atoms with van der Waals surface area (Å²) in [4.78, 5) is 26.9. The van der Waals surface area contributed by atoms with Gasteiger partial charge in [0.05, 0.1) is 20.3 Å². The van der Waals surface area contributed by atoms with Crippen LogP contribution in [0.2, 0.25) is 0 Å². The Morgan fingerprint density at radius 1 is 1.31 bits per heavy atom. The van der Waals surface area contributed by atoms with Gasteiger partial charge in [0, 0.05) is 48.0 Å². The van der Waals surface area contributed by atoms with E-state index in [4.69, 9.17) is 30.5 Å². The van der Waals surface area contributed by atoms with Crippen LogP contribution in [-0.2, 0) is 41.9 Å². The molecule has 10 nitrogen and oxygen atoms in total. The Kier molecular flexibility index (Phi) is 9.26. The van der Waals surface area contributed by atoms with E-state index in [-0.39, 0.29) is 36.0 Å². The molecular weight excluding hydrogens is 514 g/mol. The lowest BCUT2D eigenvalue weighted by Gasteiger charge is -2.27. The number of sulfone groups is 1. The van der Waals surface area contributed by atoms with Gasteiger partial charge in [0.2, 0.25) is 0 Å². The number of carbonyl (C=O) groups excluding carboxylic acids is 2. The second-order valence-corrected chi connectivity index (χ2v) is 11.5. The van der Waals surface area contributed by atoms with Crippen LogP contribution in [-0.4, -0.2) is 88.4 Å². The van der Waals surface area contributed by atoms with Crippen LogP contribution in [0.5, 0.6) is 11.5 Å². The monoisotopic (exact) mass is 545 g/mol. The van der Waals surface area contributed by atoms with Gasteiger partial charge in [-0.05, 0) is 18.9 Å². The number of esters is 2. The van der Waals surface area contributed by atoms with E-state index in [0.717, 1.165) is 6.26 Å². The molecular formula is C24H32ClNO9S. The number of rotatable bonds is 10. The number of cyclic esters (lactones) is 1. The van der Waals surface area contributed by atoms with Crippen LogP contribution in [0.3, 0.4) is 0 Å². The zero-order valence-electron chi connectivity index (χ0n) is 20.8. The van der Waals surface area contributed by atoms with Crippen molar-refractivity contribution in [2.24, 2.45) is 5.92 Å². The topological polar surface area (TPSA) is 129 Å². The number of aromatic hydroxyl groups is 1. The summed E-state index contributed by atoms with van der Waals surface area (Å²) in [5, 5.41) is 9.36. The maximum absolute atomic E-state index is 12.8. The van der Waals surface area contributed by atoms with Crippen molar-refractivity contribution in [3.8, 4) is 11.5 Å². The molecule has 36 heavy (non-hydrogen) atoms. The number of phenols is 1. The molecule has 200 valence electrons. The third kappa shape index (κ3) is 6.13. The van der Waals surface area contributed by atoms with E-state index in [1.807, 2.05) is 0 Å². The van der Waals surface area contributed by atoms with Crippen LogP contribution in [0.25, 0.3) is 0 Å². The normalized spacial score (nSPS) is 18.4. The van der Waals surface area contributed by atoms with Crippen LogP contribution < -0.4 is 4.74 Å². The fourth-order valence-electron chi connectivity index (χ4n) is 4.49. The average molecular weight is 546 g/mol. The van der Waals surface area contributed by atoms with Crippen LogP contribution in [0.1, 0.15) is 34.0 Å². The number of fused-ring (bicyclic) bond motifs is 1. The van der Waals surface area contributed by atoms with Crippen molar-refractivity contribution in [1.29, 1.82) is 0 Å². The third-order valence-corrected chi connectivity index (χ3v) is 8.51. The van der Waals surface area contributed by atoms with Crippen LogP contribution >= 0.6 is 11.6 Å². The van der Waals surface area contributed by atoms with E-state index in [0.29, 0.717) is 55.3 Å². The summed E-state index contributed by atoms with van der Waals surface area (Å²) in [7, 11) is -2.42. The summed E-state index contributed by atoms with van der Waals surface area (Å²) < 4.78 is 46.1. The van der Waals surface area contributed by atoms with Crippen molar-refractivity contribution in [3.63, 3.8) is 0 Å². The first kappa shape index (κ1) is 28.2. The summed E-state index contributed by atoms with van der Waals surface area (Å²) in [6, 6.07) is 0. The maximum atomic E-state index is 12.8. The Balaban J connectivity index is 1.77. The van der Waals surface area contributed by atoms with Crippen LogP contribution in [0.15, 0.2) is 11.1 Å². The number of hydrogen-bond acceptors (Lipinski definition) is 10. The standard InChI is InChI=1S/C24H32ClNO9S/c1-14-17-13-35-23(28)19(17)20(27)16(21(14)32-3)5-6-18(25)15(2)22(36(4,30)31)24(29)34-12-9-26-7-10-33-11-8-26/h6,15,22,27H,5,7-13H2,1-4H3. The SMILES string of the molecule is COc1c(C)c2c(c(O)c1CC=C(Cl)C(C)C(C(=O)OCCN1CCOCC1)S(C)(=O)=O)C(=O)OC2. The summed E-state index contributed by atoms with van der Waals surface area (Å²) in [5.74, 6) is -2.31. The molecule has 12 heteroatoms. The molecule has 0 bridgehead atoms. The molecule has 0 aromatic heterocycles. The molecule has 0 saturated carbocycles. The molecule has 0 aliphatic carbocycles. The van der Waals surface area contributed by atoms with E-state index in [1.54, 1.807) is 6.92 Å². The quantitative estimate of drug-likeness (QED) is 0.436. The molecule has 0 radical (unpaired) electrons. The fraction of sp³-hybridized carbons (Fsp3) is 0.583. The van der Waals surface area contributed by atoms with Crippen molar-refractivity contribution >= 4 is 33.4 Å². The van der Waals surface area contributed by atoms with Gasteiger partial charge in [-0.25, -0.2) is 13.2 Å². The number of hydrogen-bond donors (Lipinski definition) is 1. The van der Waals surface area contributed by atoms with E-state index < -0.39 is 32.9 Å². The largest absolute Gasteiger partial charge is 0.507 e. The summed E-state index contributed by atoms with van der Waals surface area (Å²) >= 11 is 6.47. The number of allylic oxidation sites excluding steroid dienone is 2. The van der Waals surface area contributed by atoms with Crippen molar-refractivity contribution in [2.75, 3.05) is 52.8 Å². The number of benzene rings is 1. The van der Waals surface area contributed by atoms with E-state index in [1.165, 1.54) is 20.1 Å². The second-order valence-electron chi connectivity index (χ2n) is 8.87. The van der Waals surface area contributed by atoms with E-state index in [2.05, 4.69) is 4.90 Å². The fourth-order valence-corrected chi connectivity index (χ4v) is 6.07. The molecule has 2 aliphatic heterocycles. The Morgan fingerprint density at radius 2 is 1.97 bits per heavy atom. The summed E-state index contributed by atoms with van der Waals surface area (Å²) in [6.45, 7) is 6.48. The van der Waals surface area contributed by atoms with Crippen LogP contribution in [0, 0.1) is 12.8 Å². The van der Waals surface area contributed by atoms with Crippen molar-refractivity contribution in [1.82, 2.24) is 4.90 Å². The molecule has 2 aliphatic rings. The first-order valence-electron chi connectivity index (χ1n) is 11.6. The zero-order chi connectivity index (χ0) is 26.6. The smallest absolute Gasteiger partial charge is 0.342 e. The molecule has 1 fully saturated rings. The molecule has 2 unspecified atom stereocenters. The Labute approximate surface area is 216 Å². The number of nitrogens with zero attached hydrogens (tertiary/aromatic N) is 1. The van der Waals surface area contributed by atoms with Gasteiger partial charge in [-0.2, -0.15) is 0 Å². The maximum Gasteiger partial charge on any atom is 0.342 e. The third-order valence-electron chi connectivity index (χ3n) is 6.49. The summed E-state index contributed by atoms with van der Waals surface area (Å²) in [5.41, 5.74) is 1.60. The lowest BCUT2D eigenvalue weighted by molar-refractivity contribution is -0.144. The molecule has 1 aromatic carbocycles. The van der Waals surface area contributed by atoms with Crippen molar-refractivity contribution < 1.29 is 42.1 Å². The van der Waals surface area contributed by atoms with Gasteiger partial charge in [0.1, 0.15) is 30.3 Å². The zero-order valence-corrected chi connectivity index (χ0v) is 22.4. The number of methoxy groups -OCH3 is 1. The highest BCUT2D eigenvalue weighted by atomic mass is 35.5. The van der Waals surface area contributed by atoms with Crippen LogP contribution in [0.4, 0.5) is 0 Å². The minimum atomic E-state index is -3.86. The number of halogens is 1.